The Balaban J connectivity index is 1.96. The van der Waals surface area contributed by atoms with Gasteiger partial charge in [-0.3, -0.25) is 4.79 Å². The molecule has 2 aliphatic heterocycles. The van der Waals surface area contributed by atoms with Crippen molar-refractivity contribution in [3.8, 4) is 0 Å². The molecule has 0 aliphatic carbocycles. The first-order chi connectivity index (χ1) is 7.98. The van der Waals surface area contributed by atoms with E-state index in [0.717, 1.165) is 0 Å². The highest BCUT2D eigenvalue weighted by Gasteiger charge is 2.32. The molecule has 6 nitrogen and oxygen atoms in total. The number of amides is 1. The van der Waals surface area contributed by atoms with E-state index in [1.54, 1.807) is 4.90 Å². The molecule has 2 rings (SSSR count). The lowest BCUT2D eigenvalue weighted by Crippen LogP contribution is -2.44. The fraction of sp³-hybridized carbons (Fsp3) is 0.900. The largest absolute Gasteiger partial charge is 0.392 e. The van der Waals surface area contributed by atoms with Gasteiger partial charge >= 0.3 is 0 Å². The predicted molar refractivity (Wildman–Crippen MR) is 62.3 cm³/mol. The van der Waals surface area contributed by atoms with Gasteiger partial charge in [-0.25, -0.2) is 8.42 Å². The van der Waals surface area contributed by atoms with Gasteiger partial charge in [-0.1, -0.05) is 0 Å². The summed E-state index contributed by atoms with van der Waals surface area (Å²) < 4.78 is 22.8. The summed E-state index contributed by atoms with van der Waals surface area (Å²) in [6.45, 7) is 1.20. The number of aliphatic hydroxyl groups excluding tert-OH is 1. The first kappa shape index (κ1) is 12.8. The van der Waals surface area contributed by atoms with Crippen molar-refractivity contribution >= 4 is 15.7 Å². The number of hydrogen-bond acceptors (Lipinski definition) is 5. The van der Waals surface area contributed by atoms with Crippen molar-refractivity contribution in [2.75, 3.05) is 31.1 Å². The second-order valence-electron chi connectivity index (χ2n) is 4.68. The molecule has 0 bridgehead atoms. The van der Waals surface area contributed by atoms with E-state index in [9.17, 15) is 18.3 Å². The molecule has 2 heterocycles. The summed E-state index contributed by atoms with van der Waals surface area (Å²) in [5.41, 5.74) is 0. The van der Waals surface area contributed by atoms with Gasteiger partial charge < -0.3 is 15.3 Å². The molecule has 98 valence electrons. The summed E-state index contributed by atoms with van der Waals surface area (Å²) in [4.78, 5) is 13.7. The van der Waals surface area contributed by atoms with Crippen LogP contribution in [0, 0.1) is 0 Å². The monoisotopic (exact) mass is 262 g/mol. The van der Waals surface area contributed by atoms with E-state index in [4.69, 9.17) is 0 Å². The van der Waals surface area contributed by atoms with Gasteiger partial charge in [0, 0.05) is 19.6 Å². The summed E-state index contributed by atoms with van der Waals surface area (Å²) in [7, 11) is -2.98. The van der Waals surface area contributed by atoms with E-state index in [2.05, 4.69) is 5.32 Å². The third-order valence-electron chi connectivity index (χ3n) is 3.27. The van der Waals surface area contributed by atoms with Crippen LogP contribution in [0.4, 0.5) is 0 Å². The number of sulfone groups is 1. The second kappa shape index (κ2) is 4.91. The maximum Gasteiger partial charge on any atom is 0.239 e. The molecule has 17 heavy (non-hydrogen) atoms. The van der Waals surface area contributed by atoms with E-state index < -0.39 is 15.9 Å². The highest BCUT2D eigenvalue weighted by molar-refractivity contribution is 7.91. The first-order valence-corrected chi connectivity index (χ1v) is 7.71. The summed E-state index contributed by atoms with van der Waals surface area (Å²) >= 11 is 0. The normalized spacial score (nSPS) is 33.4. The third-order valence-corrected chi connectivity index (χ3v) is 4.99. The van der Waals surface area contributed by atoms with Crippen LogP contribution in [-0.4, -0.2) is 67.6 Å². The molecule has 0 radical (unpaired) electrons. The van der Waals surface area contributed by atoms with Crippen molar-refractivity contribution in [2.24, 2.45) is 0 Å². The van der Waals surface area contributed by atoms with Crippen molar-refractivity contribution in [2.45, 2.75) is 25.0 Å². The van der Waals surface area contributed by atoms with Crippen molar-refractivity contribution in [1.29, 1.82) is 0 Å². The zero-order valence-electron chi connectivity index (χ0n) is 9.63. The zero-order valence-corrected chi connectivity index (χ0v) is 10.4. The fourth-order valence-corrected chi connectivity index (χ4v) is 3.56. The van der Waals surface area contributed by atoms with Crippen LogP contribution in [-0.2, 0) is 14.6 Å². The summed E-state index contributed by atoms with van der Waals surface area (Å²) in [5, 5.41) is 12.3. The van der Waals surface area contributed by atoms with Crippen LogP contribution in [0.25, 0.3) is 0 Å². The van der Waals surface area contributed by atoms with E-state index in [0.29, 0.717) is 25.9 Å². The van der Waals surface area contributed by atoms with Crippen LogP contribution in [0.1, 0.15) is 12.8 Å². The summed E-state index contributed by atoms with van der Waals surface area (Å²) in [6, 6.07) is -0.356. The molecular formula is C10H18N2O4S. The minimum atomic E-state index is -2.98. The molecule has 0 aromatic carbocycles. The number of aliphatic hydroxyl groups is 1. The van der Waals surface area contributed by atoms with Crippen LogP contribution in [0.3, 0.4) is 0 Å². The highest BCUT2D eigenvalue weighted by atomic mass is 32.2. The van der Waals surface area contributed by atoms with Gasteiger partial charge in [-0.2, -0.15) is 0 Å². The highest BCUT2D eigenvalue weighted by Crippen LogP contribution is 2.12. The van der Waals surface area contributed by atoms with Crippen LogP contribution < -0.4 is 5.32 Å². The number of hydrogen-bond donors (Lipinski definition) is 2. The minimum absolute atomic E-state index is 0.0496. The molecule has 2 atom stereocenters. The predicted octanol–water partition coefficient (Wildman–Crippen LogP) is -1.64. The third kappa shape index (κ3) is 3.17. The maximum absolute atomic E-state index is 12.1. The molecule has 1 amide bonds. The number of carbonyl (C=O) groups excluding carboxylic acids is 1. The van der Waals surface area contributed by atoms with Crippen molar-refractivity contribution in [3.63, 3.8) is 0 Å². The van der Waals surface area contributed by atoms with Gasteiger partial charge in [-0.15, -0.1) is 0 Å². The van der Waals surface area contributed by atoms with Crippen LogP contribution in [0.5, 0.6) is 0 Å². The Kier molecular flexibility index (Phi) is 3.70. The van der Waals surface area contributed by atoms with Gasteiger partial charge in [0.15, 0.2) is 9.84 Å². The Labute approximate surface area is 101 Å². The van der Waals surface area contributed by atoms with E-state index in [1.807, 2.05) is 0 Å². The van der Waals surface area contributed by atoms with Gasteiger partial charge in [0.2, 0.25) is 5.91 Å². The Morgan fingerprint density at radius 1 is 1.29 bits per heavy atom. The lowest BCUT2D eigenvalue weighted by atomic mass is 10.2. The van der Waals surface area contributed by atoms with Gasteiger partial charge in [0.25, 0.3) is 0 Å². The Bertz CT molecular complexity index is 395. The average molecular weight is 262 g/mol. The molecule has 7 heteroatoms. The smallest absolute Gasteiger partial charge is 0.239 e. The Morgan fingerprint density at radius 3 is 2.71 bits per heavy atom. The molecule has 0 saturated carbocycles. The van der Waals surface area contributed by atoms with Crippen molar-refractivity contribution in [1.82, 2.24) is 10.2 Å². The van der Waals surface area contributed by atoms with E-state index >= 15 is 0 Å². The first-order valence-electron chi connectivity index (χ1n) is 5.88. The Hall–Kier alpha value is -0.660. The molecular weight excluding hydrogens is 244 g/mol. The molecule has 2 saturated heterocycles. The zero-order chi connectivity index (χ0) is 12.5. The van der Waals surface area contributed by atoms with Crippen LogP contribution >= 0.6 is 0 Å². The SMILES string of the molecule is O=C(C1CC(O)CN1)N1CCCS(=O)(=O)CC1. The summed E-state index contributed by atoms with van der Waals surface area (Å²) in [5.74, 6) is 0.129. The Morgan fingerprint density at radius 2 is 2.06 bits per heavy atom. The van der Waals surface area contributed by atoms with Gasteiger partial charge in [0.05, 0.1) is 23.7 Å². The van der Waals surface area contributed by atoms with Crippen LogP contribution in [0.15, 0.2) is 0 Å². The second-order valence-corrected chi connectivity index (χ2v) is 6.98. The molecule has 2 fully saturated rings. The van der Waals surface area contributed by atoms with Crippen molar-refractivity contribution < 1.29 is 18.3 Å². The number of nitrogens with one attached hydrogen (secondary N) is 1. The van der Waals surface area contributed by atoms with Crippen molar-refractivity contribution in [3.05, 3.63) is 0 Å². The van der Waals surface area contributed by atoms with Crippen LogP contribution in [0.2, 0.25) is 0 Å². The summed E-state index contributed by atoms with van der Waals surface area (Å²) in [6.07, 6.45) is 0.450. The fourth-order valence-electron chi connectivity index (χ4n) is 2.28. The average Bonchev–Trinajstić information content (AvgIpc) is 2.60. The van der Waals surface area contributed by atoms with E-state index in [-0.39, 0.29) is 30.0 Å². The molecule has 0 aromatic heterocycles. The van der Waals surface area contributed by atoms with Gasteiger partial charge in [-0.05, 0) is 12.8 Å². The topological polar surface area (TPSA) is 86.7 Å². The molecule has 2 aliphatic rings. The molecule has 2 unspecified atom stereocenters. The molecule has 0 spiro atoms. The molecule has 0 aromatic rings. The number of nitrogens with zero attached hydrogens (tertiary/aromatic N) is 1. The standard InChI is InChI=1S/C10H18N2O4S/c13-8-6-9(11-7-8)10(14)12-2-1-4-17(15,16)5-3-12/h8-9,11,13H,1-7H2. The minimum Gasteiger partial charge on any atom is -0.392 e. The molecule has 2 N–H and O–H groups in total. The number of rotatable bonds is 1. The maximum atomic E-state index is 12.1. The quantitative estimate of drug-likeness (QED) is 0.592. The number of carbonyl (C=O) groups is 1. The lowest BCUT2D eigenvalue weighted by molar-refractivity contribution is -0.132. The van der Waals surface area contributed by atoms with Gasteiger partial charge in [0.1, 0.15) is 0 Å². The lowest BCUT2D eigenvalue weighted by Gasteiger charge is -2.23. The van der Waals surface area contributed by atoms with E-state index in [1.165, 1.54) is 0 Å². The number of β-amino-alcohol motifs (C(OH)–C–C–N with tert-alkyl or cyclic N) is 1.